The lowest BCUT2D eigenvalue weighted by Gasteiger charge is -2.15. The molecule has 2 N–H and O–H groups in total. The van der Waals surface area contributed by atoms with Gasteiger partial charge in [0, 0.05) is 29.7 Å². The van der Waals surface area contributed by atoms with Gasteiger partial charge in [-0.2, -0.15) is 13.2 Å². The minimum Gasteiger partial charge on any atom is -0.360 e. The van der Waals surface area contributed by atoms with E-state index in [9.17, 15) is 26.2 Å². The second kappa shape index (κ2) is 8.66. The summed E-state index contributed by atoms with van der Waals surface area (Å²) in [6.07, 6.45) is -4.22. The number of aromatic amines is 1. The molecule has 2 aromatic heterocycles. The Kier molecular flexibility index (Phi) is 6.39. The van der Waals surface area contributed by atoms with E-state index in [1.165, 1.54) is 18.5 Å². The molecule has 0 aliphatic rings. The predicted molar refractivity (Wildman–Crippen MR) is 104 cm³/mol. The number of benzene rings is 1. The van der Waals surface area contributed by atoms with E-state index in [0.717, 1.165) is 12.1 Å². The third-order valence-corrected chi connectivity index (χ3v) is 5.81. The summed E-state index contributed by atoms with van der Waals surface area (Å²) < 4.78 is 79.6. The topological polar surface area (TPSA) is 70.7 Å². The van der Waals surface area contributed by atoms with Crippen molar-refractivity contribution in [2.45, 2.75) is 50.1 Å². The van der Waals surface area contributed by atoms with Crippen LogP contribution in [-0.4, -0.2) is 25.6 Å². The Morgan fingerprint density at radius 3 is 2.63 bits per heavy atom. The maximum absolute atomic E-state index is 12.9. The number of H-pyrrole nitrogens is 1. The molecular formula is C19H19F5N4OS. The zero-order valence-electron chi connectivity index (χ0n) is 16.1. The van der Waals surface area contributed by atoms with E-state index in [4.69, 9.17) is 0 Å². The summed E-state index contributed by atoms with van der Waals surface area (Å²) >= 11 is 0. The Morgan fingerprint density at radius 1 is 1.27 bits per heavy atom. The van der Waals surface area contributed by atoms with Gasteiger partial charge in [0.25, 0.3) is 0 Å². The van der Waals surface area contributed by atoms with Gasteiger partial charge in [-0.3, -0.25) is 4.72 Å². The third-order valence-electron chi connectivity index (χ3n) is 4.71. The van der Waals surface area contributed by atoms with Crippen molar-refractivity contribution < 1.29 is 26.2 Å². The van der Waals surface area contributed by atoms with Crippen LogP contribution in [0.3, 0.4) is 0 Å². The SMILES string of the molecule is CCC(C)c1nc(NS(=O)c2c[nH]c3cc(C(F)(F)F)ccc23)ncc1CC(F)F. The molecule has 2 unspecified atom stereocenters. The van der Waals surface area contributed by atoms with Gasteiger partial charge in [0.2, 0.25) is 12.4 Å². The Bertz CT molecular complexity index is 1070. The molecule has 30 heavy (non-hydrogen) atoms. The fourth-order valence-electron chi connectivity index (χ4n) is 2.98. The number of aromatic nitrogens is 3. The molecule has 1 aromatic carbocycles. The lowest BCUT2D eigenvalue weighted by atomic mass is 9.99. The number of halogens is 5. The van der Waals surface area contributed by atoms with Gasteiger partial charge in [0.05, 0.1) is 16.2 Å². The van der Waals surface area contributed by atoms with Gasteiger partial charge in [-0.05, 0) is 30.0 Å². The largest absolute Gasteiger partial charge is 0.416 e. The molecule has 0 spiro atoms. The van der Waals surface area contributed by atoms with Gasteiger partial charge >= 0.3 is 6.18 Å². The van der Waals surface area contributed by atoms with Crippen LogP contribution in [-0.2, 0) is 23.6 Å². The van der Waals surface area contributed by atoms with Crippen molar-refractivity contribution in [1.29, 1.82) is 0 Å². The summed E-state index contributed by atoms with van der Waals surface area (Å²) in [5.74, 6) is -0.118. The van der Waals surface area contributed by atoms with E-state index in [-0.39, 0.29) is 22.3 Å². The smallest absolute Gasteiger partial charge is 0.360 e. The third kappa shape index (κ3) is 4.77. The van der Waals surface area contributed by atoms with Crippen LogP contribution >= 0.6 is 0 Å². The molecule has 0 fully saturated rings. The Hall–Kier alpha value is -2.56. The minimum atomic E-state index is -4.49. The van der Waals surface area contributed by atoms with Gasteiger partial charge in [0.15, 0.2) is 11.0 Å². The van der Waals surface area contributed by atoms with E-state index < -0.39 is 35.6 Å². The molecule has 0 saturated heterocycles. The first-order chi connectivity index (χ1) is 14.1. The van der Waals surface area contributed by atoms with E-state index in [0.29, 0.717) is 23.1 Å². The van der Waals surface area contributed by atoms with Crippen molar-refractivity contribution in [3.8, 4) is 0 Å². The zero-order chi connectivity index (χ0) is 22.1. The van der Waals surface area contributed by atoms with Crippen LogP contribution in [0.1, 0.15) is 43.0 Å². The molecule has 0 aliphatic heterocycles. The normalized spacial score (nSPS) is 14.3. The Morgan fingerprint density at radius 2 is 2.00 bits per heavy atom. The van der Waals surface area contributed by atoms with Crippen LogP contribution in [0, 0.1) is 0 Å². The molecule has 0 amide bonds. The van der Waals surface area contributed by atoms with Gasteiger partial charge in [-0.25, -0.2) is 23.0 Å². The summed E-state index contributed by atoms with van der Waals surface area (Å²) in [6, 6.07) is 3.08. The molecule has 3 aromatic rings. The average Bonchev–Trinajstić information content (AvgIpc) is 3.11. The van der Waals surface area contributed by atoms with Crippen molar-refractivity contribution in [3.05, 3.63) is 47.4 Å². The van der Waals surface area contributed by atoms with Crippen LogP contribution in [0.2, 0.25) is 0 Å². The van der Waals surface area contributed by atoms with Gasteiger partial charge < -0.3 is 4.98 Å². The second-order valence-corrected chi connectivity index (χ2v) is 7.97. The molecule has 0 bridgehead atoms. The highest BCUT2D eigenvalue weighted by atomic mass is 32.2. The number of nitrogens with one attached hydrogen (secondary N) is 2. The highest BCUT2D eigenvalue weighted by Crippen LogP contribution is 2.33. The molecule has 162 valence electrons. The molecule has 11 heteroatoms. The van der Waals surface area contributed by atoms with Crippen molar-refractivity contribution >= 4 is 27.8 Å². The zero-order valence-corrected chi connectivity index (χ0v) is 16.9. The summed E-state index contributed by atoms with van der Waals surface area (Å²) in [4.78, 5) is 11.1. The number of hydrogen-bond acceptors (Lipinski definition) is 3. The number of anilines is 1. The number of hydrogen-bond donors (Lipinski definition) is 2. The minimum absolute atomic E-state index is 0.0112. The first kappa shape index (κ1) is 22.1. The van der Waals surface area contributed by atoms with Crippen molar-refractivity contribution in [2.24, 2.45) is 0 Å². The Balaban J connectivity index is 1.88. The van der Waals surface area contributed by atoms with Crippen molar-refractivity contribution in [2.75, 3.05) is 4.72 Å². The highest BCUT2D eigenvalue weighted by Gasteiger charge is 2.31. The summed E-state index contributed by atoms with van der Waals surface area (Å²) in [5.41, 5.74) is 0.130. The predicted octanol–water partition coefficient (Wildman–Crippen LogP) is 5.43. The summed E-state index contributed by atoms with van der Waals surface area (Å²) in [7, 11) is -1.88. The molecule has 2 heterocycles. The van der Waals surface area contributed by atoms with Crippen LogP contribution < -0.4 is 4.72 Å². The van der Waals surface area contributed by atoms with Crippen LogP contribution in [0.5, 0.6) is 0 Å². The highest BCUT2D eigenvalue weighted by molar-refractivity contribution is 7.86. The van der Waals surface area contributed by atoms with E-state index >= 15 is 0 Å². The monoisotopic (exact) mass is 446 g/mol. The number of rotatable bonds is 7. The average molecular weight is 446 g/mol. The maximum Gasteiger partial charge on any atom is 0.416 e. The first-order valence-electron chi connectivity index (χ1n) is 9.10. The lowest BCUT2D eigenvalue weighted by molar-refractivity contribution is -0.137. The molecular weight excluding hydrogens is 427 g/mol. The van der Waals surface area contributed by atoms with E-state index in [1.54, 1.807) is 0 Å². The first-order valence-corrected chi connectivity index (χ1v) is 10.3. The molecule has 3 rings (SSSR count). The van der Waals surface area contributed by atoms with Gasteiger partial charge in [-0.15, -0.1) is 0 Å². The van der Waals surface area contributed by atoms with Crippen LogP contribution in [0.25, 0.3) is 10.9 Å². The van der Waals surface area contributed by atoms with Gasteiger partial charge in [0.1, 0.15) is 0 Å². The van der Waals surface area contributed by atoms with Crippen molar-refractivity contribution in [3.63, 3.8) is 0 Å². The number of fused-ring (bicyclic) bond motifs is 1. The lowest BCUT2D eigenvalue weighted by Crippen LogP contribution is -2.13. The van der Waals surface area contributed by atoms with E-state index in [1.807, 2.05) is 13.8 Å². The number of nitrogens with zero attached hydrogens (tertiary/aromatic N) is 2. The molecule has 5 nitrogen and oxygen atoms in total. The van der Waals surface area contributed by atoms with Gasteiger partial charge in [-0.1, -0.05) is 19.9 Å². The Labute approximate surface area is 171 Å². The van der Waals surface area contributed by atoms with Crippen LogP contribution in [0.15, 0.2) is 35.5 Å². The summed E-state index contributed by atoms with van der Waals surface area (Å²) in [5, 5.41) is 0.352. The van der Waals surface area contributed by atoms with E-state index in [2.05, 4.69) is 19.7 Å². The fraction of sp³-hybridized carbons (Fsp3) is 0.368. The molecule has 0 radical (unpaired) electrons. The maximum atomic E-state index is 12.9. The van der Waals surface area contributed by atoms with Crippen molar-refractivity contribution in [1.82, 2.24) is 15.0 Å². The molecule has 0 aliphatic carbocycles. The summed E-state index contributed by atoms with van der Waals surface area (Å²) in [6.45, 7) is 3.74. The van der Waals surface area contributed by atoms with Crippen LogP contribution in [0.4, 0.5) is 27.9 Å². The quantitative estimate of drug-likeness (QED) is 0.476. The number of alkyl halides is 5. The molecule has 0 saturated carbocycles. The standard InChI is InChI=1S/C19H19F5N4OS/c1-3-10(2)17-11(6-16(20)21)8-26-18(27-17)28-30(29)15-9-25-14-7-12(19(22,23)24)4-5-13(14)15/h4-5,7-10,16,25H,3,6H2,1-2H3,(H,26,27,28). The second-order valence-electron chi connectivity index (χ2n) is 6.79. The fourth-order valence-corrected chi connectivity index (χ4v) is 3.90. The molecule has 2 atom stereocenters.